The van der Waals surface area contributed by atoms with Crippen LogP contribution in [0.2, 0.25) is 0 Å². The molecule has 180 valence electrons. The molecule has 1 unspecified atom stereocenters. The van der Waals surface area contributed by atoms with Crippen molar-refractivity contribution in [1.82, 2.24) is 14.3 Å². The molecule has 36 heavy (non-hydrogen) atoms. The molecule has 0 bridgehead atoms. The van der Waals surface area contributed by atoms with Crippen molar-refractivity contribution in [2.24, 2.45) is 0 Å². The lowest BCUT2D eigenvalue weighted by Gasteiger charge is -2.20. The molecule has 0 aliphatic carbocycles. The van der Waals surface area contributed by atoms with Gasteiger partial charge in [0.1, 0.15) is 0 Å². The Kier molecular flexibility index (Phi) is 6.90. The first-order chi connectivity index (χ1) is 17.6. The summed E-state index contributed by atoms with van der Waals surface area (Å²) in [5, 5.41) is 9.20. The number of sulfonamides is 1. The highest BCUT2D eigenvalue weighted by molar-refractivity contribution is 7.89. The van der Waals surface area contributed by atoms with Gasteiger partial charge in [-0.3, -0.25) is 9.97 Å². The molecule has 2 aromatic heterocycles. The summed E-state index contributed by atoms with van der Waals surface area (Å²) in [6, 6.07) is 24.8. The molecule has 1 saturated heterocycles. The minimum Gasteiger partial charge on any atom is -0.264 e. The predicted molar refractivity (Wildman–Crippen MR) is 139 cm³/mol. The third-order valence-corrected chi connectivity index (χ3v) is 8.59. The topological polar surface area (TPSA) is 86.9 Å². The number of pyridine rings is 2. The third kappa shape index (κ3) is 4.92. The molecule has 1 aliphatic rings. The van der Waals surface area contributed by atoms with Crippen molar-refractivity contribution in [2.75, 3.05) is 13.1 Å². The fourth-order valence-electron chi connectivity index (χ4n) is 4.75. The van der Waals surface area contributed by atoms with Crippen molar-refractivity contribution in [2.45, 2.75) is 30.1 Å². The van der Waals surface area contributed by atoms with Gasteiger partial charge in [-0.25, -0.2) is 8.42 Å². The van der Waals surface area contributed by atoms with Gasteiger partial charge in [0, 0.05) is 43.2 Å². The zero-order chi connectivity index (χ0) is 25.0. The van der Waals surface area contributed by atoms with E-state index in [0.29, 0.717) is 30.0 Å². The van der Waals surface area contributed by atoms with Crippen LogP contribution in [-0.2, 0) is 16.4 Å². The second-order valence-corrected chi connectivity index (χ2v) is 10.9. The summed E-state index contributed by atoms with van der Waals surface area (Å²) >= 11 is 0. The number of nitrogens with zero attached hydrogens (tertiary/aromatic N) is 4. The molecule has 7 heteroatoms. The Morgan fingerprint density at radius 3 is 2.28 bits per heavy atom. The Morgan fingerprint density at radius 1 is 0.889 bits per heavy atom. The lowest BCUT2D eigenvalue weighted by molar-refractivity contribution is 0.477. The standard InChI is InChI=1S/C29H26N4O2S/c30-20-22-7-9-23(10-8-22)28(26-6-3-15-31-21-26)19-25-5-4-16-32-29(25)24-11-13-27(14-12-24)36(34,35)33-17-1-2-18-33/h3-16,21,28H,1-2,17-19H2. The Balaban J connectivity index is 1.48. The van der Waals surface area contributed by atoms with E-state index in [-0.39, 0.29) is 5.92 Å². The van der Waals surface area contributed by atoms with Crippen molar-refractivity contribution in [1.29, 1.82) is 5.26 Å². The molecule has 5 rings (SSSR count). The molecule has 6 nitrogen and oxygen atoms in total. The van der Waals surface area contributed by atoms with Gasteiger partial charge in [-0.15, -0.1) is 0 Å². The summed E-state index contributed by atoms with van der Waals surface area (Å²) in [4.78, 5) is 9.31. The fraction of sp³-hybridized carbons (Fsp3) is 0.207. The molecule has 0 amide bonds. The van der Waals surface area contributed by atoms with Crippen LogP contribution in [0.3, 0.4) is 0 Å². The summed E-state index contributed by atoms with van der Waals surface area (Å²) in [6.45, 7) is 1.17. The molecule has 2 aromatic carbocycles. The summed E-state index contributed by atoms with van der Waals surface area (Å²) < 4.78 is 27.4. The molecule has 0 saturated carbocycles. The van der Waals surface area contributed by atoms with E-state index >= 15 is 0 Å². The number of aromatic nitrogens is 2. The van der Waals surface area contributed by atoms with E-state index < -0.39 is 10.0 Å². The normalized spacial score (nSPS) is 14.9. The Bertz CT molecular complexity index is 1470. The zero-order valence-corrected chi connectivity index (χ0v) is 20.6. The lowest BCUT2D eigenvalue weighted by atomic mass is 9.85. The van der Waals surface area contributed by atoms with Crippen LogP contribution in [0.1, 0.15) is 41.0 Å². The van der Waals surface area contributed by atoms with Crippen LogP contribution < -0.4 is 0 Å². The maximum Gasteiger partial charge on any atom is 0.243 e. The second-order valence-electron chi connectivity index (χ2n) is 8.92. The molecule has 0 N–H and O–H groups in total. The first-order valence-electron chi connectivity index (χ1n) is 12.0. The summed E-state index contributed by atoms with van der Waals surface area (Å²) in [7, 11) is -3.46. The van der Waals surface area contributed by atoms with Gasteiger partial charge in [-0.1, -0.05) is 36.4 Å². The van der Waals surface area contributed by atoms with E-state index in [1.54, 1.807) is 28.8 Å². The highest BCUT2D eigenvalue weighted by Crippen LogP contribution is 2.32. The molecule has 0 spiro atoms. The lowest BCUT2D eigenvalue weighted by Crippen LogP contribution is -2.27. The molecule has 0 radical (unpaired) electrons. The number of rotatable bonds is 7. The largest absolute Gasteiger partial charge is 0.264 e. The minimum atomic E-state index is -3.46. The highest BCUT2D eigenvalue weighted by Gasteiger charge is 2.27. The SMILES string of the molecule is N#Cc1ccc(C(Cc2cccnc2-c2ccc(S(=O)(=O)N3CCCC3)cc2)c2cccnc2)cc1. The maximum atomic E-state index is 12.9. The zero-order valence-electron chi connectivity index (χ0n) is 19.8. The fourth-order valence-corrected chi connectivity index (χ4v) is 6.26. The molecular formula is C29H26N4O2S. The first kappa shape index (κ1) is 23.9. The van der Waals surface area contributed by atoms with Gasteiger partial charge in [0.15, 0.2) is 0 Å². The molecule has 4 aromatic rings. The third-order valence-electron chi connectivity index (χ3n) is 6.67. The quantitative estimate of drug-likeness (QED) is 0.354. The van der Waals surface area contributed by atoms with Crippen LogP contribution in [0.25, 0.3) is 11.3 Å². The first-order valence-corrected chi connectivity index (χ1v) is 13.4. The van der Waals surface area contributed by atoms with E-state index in [0.717, 1.165) is 40.8 Å². The van der Waals surface area contributed by atoms with Crippen LogP contribution in [0.5, 0.6) is 0 Å². The van der Waals surface area contributed by atoms with Gasteiger partial charge in [-0.2, -0.15) is 9.57 Å². The van der Waals surface area contributed by atoms with Crippen molar-refractivity contribution >= 4 is 10.0 Å². The van der Waals surface area contributed by atoms with Crippen LogP contribution in [-0.4, -0.2) is 35.8 Å². The average molecular weight is 495 g/mol. The Hall–Kier alpha value is -3.86. The summed E-state index contributed by atoms with van der Waals surface area (Å²) in [6.07, 6.45) is 7.88. The molecule has 1 atom stereocenters. The molecule has 3 heterocycles. The van der Waals surface area contributed by atoms with Gasteiger partial charge in [0.2, 0.25) is 10.0 Å². The van der Waals surface area contributed by atoms with Crippen LogP contribution in [0.4, 0.5) is 0 Å². The number of hydrogen-bond donors (Lipinski definition) is 0. The van der Waals surface area contributed by atoms with Crippen molar-refractivity contribution in [3.8, 4) is 17.3 Å². The molecule has 1 aliphatic heterocycles. The van der Waals surface area contributed by atoms with Crippen molar-refractivity contribution < 1.29 is 8.42 Å². The molecule has 1 fully saturated rings. The van der Waals surface area contributed by atoms with Crippen molar-refractivity contribution in [3.63, 3.8) is 0 Å². The van der Waals surface area contributed by atoms with Crippen LogP contribution in [0.15, 0.2) is 96.3 Å². The number of hydrogen-bond acceptors (Lipinski definition) is 5. The summed E-state index contributed by atoms with van der Waals surface area (Å²) in [5.74, 6) is 0.0178. The van der Waals surface area contributed by atoms with Gasteiger partial charge in [0.25, 0.3) is 0 Å². The second kappa shape index (κ2) is 10.4. The van der Waals surface area contributed by atoms with Crippen LogP contribution in [0, 0.1) is 11.3 Å². The average Bonchev–Trinajstić information content (AvgIpc) is 3.49. The maximum absolute atomic E-state index is 12.9. The molecular weight excluding hydrogens is 468 g/mol. The Labute approximate surface area is 212 Å². The Morgan fingerprint density at radius 2 is 1.61 bits per heavy atom. The summed E-state index contributed by atoms with van der Waals surface area (Å²) in [5.41, 5.74) is 5.52. The predicted octanol–water partition coefficient (Wildman–Crippen LogP) is 5.17. The number of benzene rings is 2. The monoisotopic (exact) mass is 494 g/mol. The van der Waals surface area contributed by atoms with E-state index in [1.165, 1.54) is 0 Å². The van der Waals surface area contributed by atoms with E-state index in [4.69, 9.17) is 0 Å². The van der Waals surface area contributed by atoms with Gasteiger partial charge < -0.3 is 0 Å². The number of nitriles is 1. The van der Waals surface area contributed by atoms with Gasteiger partial charge in [0.05, 0.1) is 22.2 Å². The van der Waals surface area contributed by atoms with Crippen LogP contribution >= 0.6 is 0 Å². The van der Waals surface area contributed by atoms with E-state index in [2.05, 4.69) is 28.2 Å². The van der Waals surface area contributed by atoms with Gasteiger partial charge >= 0.3 is 0 Å². The smallest absolute Gasteiger partial charge is 0.243 e. The highest BCUT2D eigenvalue weighted by atomic mass is 32.2. The van der Waals surface area contributed by atoms with E-state index in [1.807, 2.05) is 54.7 Å². The minimum absolute atomic E-state index is 0.0178. The van der Waals surface area contributed by atoms with E-state index in [9.17, 15) is 13.7 Å². The van der Waals surface area contributed by atoms with Crippen molar-refractivity contribution in [3.05, 3.63) is 114 Å². The van der Waals surface area contributed by atoms with Gasteiger partial charge in [-0.05, 0) is 72.4 Å².